The van der Waals surface area contributed by atoms with Crippen molar-refractivity contribution in [3.05, 3.63) is 192 Å². The number of phenolic OH excluding ortho intramolecular Hbond substituents is 1. The summed E-state index contributed by atoms with van der Waals surface area (Å²) in [7, 11) is 0. The molecule has 0 radical (unpaired) electrons. The van der Waals surface area contributed by atoms with Crippen molar-refractivity contribution < 1.29 is 9.52 Å². The van der Waals surface area contributed by atoms with Crippen molar-refractivity contribution in [3.63, 3.8) is 0 Å². The first kappa shape index (κ1) is 40.8. The highest BCUT2D eigenvalue weighted by Gasteiger charge is 2.30. The number of rotatable bonds is 7. The smallest absolute Gasteiger partial charge is 0.153 e. The van der Waals surface area contributed by atoms with E-state index in [0.717, 1.165) is 88.9 Å². The summed E-state index contributed by atoms with van der Waals surface area (Å²) >= 11 is 0. The highest BCUT2D eigenvalue weighted by Crippen LogP contribution is 2.46. The van der Waals surface area contributed by atoms with Crippen molar-refractivity contribution in [2.45, 2.75) is 71.6 Å². The van der Waals surface area contributed by atoms with Crippen molar-refractivity contribution >= 4 is 33.0 Å². The van der Waals surface area contributed by atoms with E-state index >= 15 is 0 Å². The average Bonchev–Trinajstić information content (AvgIpc) is 3.87. The average molecular weight is 836 g/mol. The number of para-hydroxylation sites is 3. The van der Waals surface area contributed by atoms with Gasteiger partial charge < -0.3 is 9.52 Å². The summed E-state index contributed by atoms with van der Waals surface area (Å²) in [4.78, 5) is 10.7. The number of hydrogen-bond donors (Lipinski definition) is 1. The number of benzene rings is 7. The molecule has 0 bridgehead atoms. The molecule has 10 rings (SSSR count). The number of phenols is 1. The Balaban J connectivity index is 1.28. The first-order valence-corrected chi connectivity index (χ1v) is 22.2. The predicted molar refractivity (Wildman–Crippen MR) is 266 cm³/mol. The number of fused-ring (bicyclic) bond motifs is 4. The van der Waals surface area contributed by atoms with Crippen molar-refractivity contribution in [2.24, 2.45) is 0 Å². The molecule has 5 heteroatoms. The van der Waals surface area contributed by atoms with Crippen LogP contribution in [-0.4, -0.2) is 19.6 Å². The zero-order valence-electron chi connectivity index (χ0n) is 37.9. The summed E-state index contributed by atoms with van der Waals surface area (Å²) < 4.78 is 8.47. The lowest BCUT2D eigenvalue weighted by Crippen LogP contribution is -2.19. The third-order valence-electron chi connectivity index (χ3n) is 13.0. The molecule has 10 aromatic rings. The summed E-state index contributed by atoms with van der Waals surface area (Å²) in [5.41, 5.74) is 14.6. The van der Waals surface area contributed by atoms with E-state index in [9.17, 15) is 5.11 Å². The van der Waals surface area contributed by atoms with Gasteiger partial charge >= 0.3 is 0 Å². The molecule has 0 saturated carbocycles. The number of nitrogens with zero attached hydrogens (tertiary/aromatic N) is 3. The molecule has 0 atom stereocenters. The number of hydrogen-bond acceptors (Lipinski definition) is 4. The van der Waals surface area contributed by atoms with Crippen LogP contribution in [0.25, 0.3) is 83.6 Å². The maximum absolute atomic E-state index is 12.5. The van der Waals surface area contributed by atoms with Gasteiger partial charge in [0, 0.05) is 38.4 Å². The Morgan fingerprint density at radius 3 is 1.92 bits per heavy atom. The van der Waals surface area contributed by atoms with Gasteiger partial charge in [0.1, 0.15) is 17.2 Å². The van der Waals surface area contributed by atoms with Crippen LogP contribution >= 0.6 is 0 Å². The fraction of sp³-hybridized carbons (Fsp3) is 0.186. The van der Waals surface area contributed by atoms with Crippen LogP contribution in [-0.2, 0) is 16.2 Å². The standard InChI is InChI=1S/C59H53N3O2/c1-57(2,3)41-33-47(55(63)48(34-41)58(4,5)6)56-61-54-44(26-19-28-51(54)62(56)50-27-17-15-24-43(50)37-20-11-9-12-21-37)38-30-39(32-42(31-38)59(7,8)40-22-13-10-14-23-40)49-35-46-45-25-16-18-29-52(45)64-53(46)36-60-49/h9-36,63H,1-8H3. The van der Waals surface area contributed by atoms with Crippen LogP contribution in [0.5, 0.6) is 5.75 Å². The van der Waals surface area contributed by atoms with Gasteiger partial charge in [0.05, 0.1) is 34.2 Å². The Morgan fingerprint density at radius 1 is 0.500 bits per heavy atom. The van der Waals surface area contributed by atoms with Crippen LogP contribution in [0.1, 0.15) is 77.6 Å². The topological polar surface area (TPSA) is 64.1 Å². The number of aromatic hydroxyl groups is 1. The fourth-order valence-electron chi connectivity index (χ4n) is 9.20. The molecule has 64 heavy (non-hydrogen) atoms. The highest BCUT2D eigenvalue weighted by atomic mass is 16.3. The van der Waals surface area contributed by atoms with Gasteiger partial charge in [-0.3, -0.25) is 9.55 Å². The van der Waals surface area contributed by atoms with Gasteiger partial charge in [0.15, 0.2) is 5.58 Å². The molecule has 0 fully saturated rings. The van der Waals surface area contributed by atoms with E-state index in [1.165, 1.54) is 5.56 Å². The van der Waals surface area contributed by atoms with Crippen LogP contribution in [0.4, 0.5) is 0 Å². The third kappa shape index (κ3) is 7.06. The van der Waals surface area contributed by atoms with Gasteiger partial charge in [0.25, 0.3) is 0 Å². The number of aromatic nitrogens is 3. The van der Waals surface area contributed by atoms with Gasteiger partial charge in [-0.1, -0.05) is 177 Å². The second-order valence-corrected chi connectivity index (χ2v) is 19.7. The molecule has 316 valence electrons. The van der Waals surface area contributed by atoms with E-state index in [1.807, 2.05) is 30.5 Å². The minimum atomic E-state index is -0.353. The van der Waals surface area contributed by atoms with E-state index in [-0.39, 0.29) is 22.0 Å². The SMILES string of the molecule is CC(C)(C)c1cc(-c2nc3c(-c4cc(-c5cc6c(cn5)oc5ccccc56)cc(C(C)(C)c5ccccc5)c4)cccc3n2-c2ccccc2-c2ccccc2)c(O)c(C(C)(C)C)c1. The highest BCUT2D eigenvalue weighted by molar-refractivity contribution is 6.06. The van der Waals surface area contributed by atoms with Gasteiger partial charge in [0.2, 0.25) is 0 Å². The van der Waals surface area contributed by atoms with E-state index in [2.05, 4.69) is 199 Å². The third-order valence-corrected chi connectivity index (χ3v) is 13.0. The molecule has 0 saturated heterocycles. The monoisotopic (exact) mass is 835 g/mol. The number of furan rings is 1. The molecule has 3 aromatic heterocycles. The Kier molecular flexibility index (Phi) is 9.72. The van der Waals surface area contributed by atoms with Gasteiger partial charge in [-0.05, 0) is 81.1 Å². The quantitative estimate of drug-likeness (QED) is 0.174. The molecular weight excluding hydrogens is 783 g/mol. The Morgan fingerprint density at radius 2 is 1.17 bits per heavy atom. The van der Waals surface area contributed by atoms with Crippen molar-refractivity contribution in [3.8, 4) is 56.3 Å². The van der Waals surface area contributed by atoms with E-state index < -0.39 is 0 Å². The lowest BCUT2D eigenvalue weighted by molar-refractivity contribution is 0.446. The van der Waals surface area contributed by atoms with Gasteiger partial charge in [-0.15, -0.1) is 0 Å². The lowest BCUT2D eigenvalue weighted by Gasteiger charge is -2.27. The molecule has 0 aliphatic heterocycles. The molecule has 0 aliphatic rings. The van der Waals surface area contributed by atoms with E-state index in [1.54, 1.807) is 0 Å². The Bertz CT molecular complexity index is 3380. The van der Waals surface area contributed by atoms with E-state index in [0.29, 0.717) is 11.4 Å². The molecule has 1 N–H and O–H groups in total. The molecule has 7 aromatic carbocycles. The second-order valence-electron chi connectivity index (χ2n) is 19.7. The maximum Gasteiger partial charge on any atom is 0.153 e. The summed E-state index contributed by atoms with van der Waals surface area (Å²) in [6.45, 7) is 17.7. The molecule has 5 nitrogen and oxygen atoms in total. The fourth-order valence-corrected chi connectivity index (χ4v) is 9.20. The summed E-state index contributed by atoms with van der Waals surface area (Å²) in [5, 5.41) is 14.6. The van der Waals surface area contributed by atoms with Crippen molar-refractivity contribution in [2.75, 3.05) is 0 Å². The minimum absolute atomic E-state index is 0.186. The van der Waals surface area contributed by atoms with Gasteiger partial charge in [-0.2, -0.15) is 0 Å². The van der Waals surface area contributed by atoms with Crippen LogP contribution < -0.4 is 0 Å². The van der Waals surface area contributed by atoms with Crippen LogP contribution in [0, 0.1) is 0 Å². The van der Waals surface area contributed by atoms with E-state index in [4.69, 9.17) is 14.4 Å². The van der Waals surface area contributed by atoms with Crippen LogP contribution in [0.15, 0.2) is 174 Å². The Hall–Kier alpha value is -7.24. The Labute approximate surface area is 375 Å². The summed E-state index contributed by atoms with van der Waals surface area (Å²) in [6, 6.07) is 57.7. The second kappa shape index (κ2) is 15.2. The number of pyridine rings is 1. The predicted octanol–water partition coefficient (Wildman–Crippen LogP) is 15.6. The summed E-state index contributed by atoms with van der Waals surface area (Å²) in [6.07, 6.45) is 1.85. The normalized spacial score (nSPS) is 12.4. The molecular formula is C59H53N3O2. The number of imidazole rings is 1. The molecule has 0 unspecified atom stereocenters. The zero-order chi connectivity index (χ0) is 44.5. The van der Waals surface area contributed by atoms with Crippen LogP contribution in [0.2, 0.25) is 0 Å². The molecule has 0 aliphatic carbocycles. The first-order valence-electron chi connectivity index (χ1n) is 22.2. The minimum Gasteiger partial charge on any atom is -0.507 e. The largest absolute Gasteiger partial charge is 0.507 e. The first-order chi connectivity index (χ1) is 30.7. The zero-order valence-corrected chi connectivity index (χ0v) is 37.9. The van der Waals surface area contributed by atoms with Gasteiger partial charge in [-0.25, -0.2) is 4.98 Å². The van der Waals surface area contributed by atoms with Crippen molar-refractivity contribution in [1.82, 2.24) is 14.5 Å². The molecule has 3 heterocycles. The molecule has 0 amide bonds. The maximum atomic E-state index is 12.5. The molecule has 0 spiro atoms. The lowest BCUT2D eigenvalue weighted by atomic mass is 9.76. The van der Waals surface area contributed by atoms with Crippen LogP contribution in [0.3, 0.4) is 0 Å². The summed E-state index contributed by atoms with van der Waals surface area (Å²) in [5.74, 6) is 0.929. The van der Waals surface area contributed by atoms with Crippen molar-refractivity contribution in [1.29, 1.82) is 0 Å².